The molecule has 3 heteroatoms. The lowest BCUT2D eigenvalue weighted by atomic mass is 10.1. The number of aromatic nitrogens is 1. The van der Waals surface area contributed by atoms with Gasteiger partial charge in [-0.2, -0.15) is 0 Å². The summed E-state index contributed by atoms with van der Waals surface area (Å²) >= 11 is 0. The van der Waals surface area contributed by atoms with Gasteiger partial charge in [0.15, 0.2) is 0 Å². The molecule has 0 aliphatic rings. The fraction of sp³-hybridized carbons (Fsp3) is 0.400. The summed E-state index contributed by atoms with van der Waals surface area (Å²) < 4.78 is 0. The molecule has 1 unspecified atom stereocenters. The van der Waals surface area contributed by atoms with E-state index in [0.29, 0.717) is 12.6 Å². The van der Waals surface area contributed by atoms with E-state index in [9.17, 15) is 5.11 Å². The largest absolute Gasteiger partial charge is 0.387 e. The number of hydrogen-bond donors (Lipinski definition) is 2. The summed E-state index contributed by atoms with van der Waals surface area (Å²) in [5, 5.41) is 14.4. The maximum atomic E-state index is 10.1. The van der Waals surface area contributed by atoms with Crippen LogP contribution in [0.4, 0.5) is 0 Å². The highest BCUT2D eigenvalue weighted by atomic mass is 16.3. The summed E-state index contributed by atoms with van der Waals surface area (Å²) in [6.07, 6.45) is -0.474. The molecule has 0 aliphatic carbocycles. The van der Waals surface area contributed by atoms with Gasteiger partial charge in [0.05, 0.1) is 11.6 Å². The smallest absolute Gasteiger partial charge is 0.0914 e. The monoisotopic (exact) mass is 244 g/mol. The molecular formula is C15H20N2O. The van der Waals surface area contributed by atoms with Gasteiger partial charge in [-0.1, -0.05) is 26.0 Å². The standard InChI is InChI=1S/C15H20N2O/c1-10(2)16-9-15(18)13-6-7-14-12(8-13)5-4-11(3)17-14/h4-8,10,15-16,18H,9H2,1-3H3. The first kappa shape index (κ1) is 13.0. The second kappa shape index (κ2) is 5.46. The first-order chi connectivity index (χ1) is 8.56. The molecular weight excluding hydrogens is 224 g/mol. The SMILES string of the molecule is Cc1ccc2cc(C(O)CNC(C)C)ccc2n1. The van der Waals surface area contributed by atoms with Crippen molar-refractivity contribution in [1.29, 1.82) is 0 Å². The molecule has 1 heterocycles. The quantitative estimate of drug-likeness (QED) is 0.869. The van der Waals surface area contributed by atoms with E-state index in [1.165, 1.54) is 0 Å². The van der Waals surface area contributed by atoms with Crippen molar-refractivity contribution in [2.45, 2.75) is 32.9 Å². The predicted molar refractivity (Wildman–Crippen MR) is 74.6 cm³/mol. The summed E-state index contributed by atoms with van der Waals surface area (Å²) in [6, 6.07) is 10.3. The predicted octanol–water partition coefficient (Wildman–Crippen LogP) is 2.57. The lowest BCUT2D eigenvalue weighted by molar-refractivity contribution is 0.172. The summed E-state index contributed by atoms with van der Waals surface area (Å²) in [5.74, 6) is 0. The van der Waals surface area contributed by atoms with Crippen molar-refractivity contribution in [3.05, 3.63) is 41.6 Å². The third-order valence-electron chi connectivity index (χ3n) is 2.96. The van der Waals surface area contributed by atoms with Gasteiger partial charge in [-0.3, -0.25) is 4.98 Å². The number of nitrogens with zero attached hydrogens (tertiary/aromatic N) is 1. The minimum Gasteiger partial charge on any atom is -0.387 e. The van der Waals surface area contributed by atoms with E-state index < -0.39 is 6.10 Å². The van der Waals surface area contributed by atoms with Crippen molar-refractivity contribution in [3.63, 3.8) is 0 Å². The number of fused-ring (bicyclic) bond motifs is 1. The Morgan fingerprint density at radius 3 is 2.72 bits per heavy atom. The Kier molecular flexibility index (Phi) is 3.94. The zero-order valence-corrected chi connectivity index (χ0v) is 11.1. The maximum absolute atomic E-state index is 10.1. The number of aryl methyl sites for hydroxylation is 1. The number of aliphatic hydroxyl groups is 1. The highest BCUT2D eigenvalue weighted by Gasteiger charge is 2.08. The van der Waals surface area contributed by atoms with E-state index in [1.807, 2.05) is 37.3 Å². The molecule has 1 atom stereocenters. The van der Waals surface area contributed by atoms with Crippen LogP contribution in [0.15, 0.2) is 30.3 Å². The zero-order chi connectivity index (χ0) is 13.1. The number of hydrogen-bond acceptors (Lipinski definition) is 3. The molecule has 0 radical (unpaired) electrons. The lowest BCUT2D eigenvalue weighted by Crippen LogP contribution is -2.27. The molecule has 0 fully saturated rings. The highest BCUT2D eigenvalue weighted by Crippen LogP contribution is 2.19. The van der Waals surface area contributed by atoms with Gasteiger partial charge in [0, 0.05) is 23.7 Å². The molecule has 0 aliphatic heterocycles. The molecule has 18 heavy (non-hydrogen) atoms. The fourth-order valence-electron chi connectivity index (χ4n) is 1.92. The Labute approximate surface area is 108 Å². The molecule has 3 nitrogen and oxygen atoms in total. The molecule has 2 rings (SSSR count). The molecule has 0 spiro atoms. The normalized spacial score (nSPS) is 13.2. The molecule has 2 aromatic rings. The van der Waals surface area contributed by atoms with Crippen molar-refractivity contribution >= 4 is 10.9 Å². The Morgan fingerprint density at radius 2 is 2.00 bits per heavy atom. The molecule has 0 saturated heterocycles. The highest BCUT2D eigenvalue weighted by molar-refractivity contribution is 5.79. The Hall–Kier alpha value is -1.45. The summed E-state index contributed by atoms with van der Waals surface area (Å²) in [7, 11) is 0. The minimum absolute atomic E-state index is 0.379. The third kappa shape index (κ3) is 3.06. The van der Waals surface area contributed by atoms with Crippen LogP contribution < -0.4 is 5.32 Å². The van der Waals surface area contributed by atoms with Crippen molar-refractivity contribution < 1.29 is 5.11 Å². The first-order valence-corrected chi connectivity index (χ1v) is 6.35. The van der Waals surface area contributed by atoms with Crippen molar-refractivity contribution in [3.8, 4) is 0 Å². The van der Waals surface area contributed by atoms with Gasteiger partial charge in [0.25, 0.3) is 0 Å². The van der Waals surface area contributed by atoms with Crippen LogP contribution in [0.2, 0.25) is 0 Å². The van der Waals surface area contributed by atoms with Crippen LogP contribution in [0.25, 0.3) is 10.9 Å². The van der Waals surface area contributed by atoms with Crippen LogP contribution in [-0.4, -0.2) is 22.7 Å². The van der Waals surface area contributed by atoms with Crippen LogP contribution in [0.3, 0.4) is 0 Å². The van der Waals surface area contributed by atoms with Gasteiger partial charge < -0.3 is 10.4 Å². The van der Waals surface area contributed by atoms with Crippen LogP contribution in [0.5, 0.6) is 0 Å². The molecule has 1 aromatic heterocycles. The third-order valence-corrected chi connectivity index (χ3v) is 2.96. The van der Waals surface area contributed by atoms with Crippen LogP contribution in [0.1, 0.15) is 31.2 Å². The summed E-state index contributed by atoms with van der Waals surface area (Å²) in [4.78, 5) is 4.45. The number of pyridine rings is 1. The fourth-order valence-corrected chi connectivity index (χ4v) is 1.92. The summed E-state index contributed by atoms with van der Waals surface area (Å²) in [5.41, 5.74) is 2.92. The van der Waals surface area contributed by atoms with Gasteiger partial charge in [0.1, 0.15) is 0 Å². The second-order valence-corrected chi connectivity index (χ2v) is 4.98. The first-order valence-electron chi connectivity index (χ1n) is 6.35. The second-order valence-electron chi connectivity index (χ2n) is 4.98. The van der Waals surface area contributed by atoms with Crippen LogP contribution in [0, 0.1) is 6.92 Å². The lowest BCUT2D eigenvalue weighted by Gasteiger charge is -2.14. The Bertz CT molecular complexity index is 537. The van der Waals surface area contributed by atoms with Crippen LogP contribution >= 0.6 is 0 Å². The minimum atomic E-state index is -0.474. The van der Waals surface area contributed by atoms with Gasteiger partial charge in [-0.15, -0.1) is 0 Å². The van der Waals surface area contributed by atoms with E-state index in [-0.39, 0.29) is 0 Å². The molecule has 2 N–H and O–H groups in total. The zero-order valence-electron chi connectivity index (χ0n) is 11.1. The van der Waals surface area contributed by atoms with Gasteiger partial charge in [0.2, 0.25) is 0 Å². The number of aliphatic hydroxyl groups excluding tert-OH is 1. The van der Waals surface area contributed by atoms with Gasteiger partial charge >= 0.3 is 0 Å². The van der Waals surface area contributed by atoms with Crippen LogP contribution in [-0.2, 0) is 0 Å². The van der Waals surface area contributed by atoms with E-state index in [1.54, 1.807) is 0 Å². The molecule has 0 amide bonds. The molecule has 96 valence electrons. The average Bonchev–Trinajstić information content (AvgIpc) is 2.35. The Balaban J connectivity index is 2.21. The van der Waals surface area contributed by atoms with E-state index in [4.69, 9.17) is 0 Å². The number of benzene rings is 1. The Morgan fingerprint density at radius 1 is 1.22 bits per heavy atom. The molecule has 0 bridgehead atoms. The number of nitrogens with one attached hydrogen (secondary N) is 1. The van der Waals surface area contributed by atoms with E-state index >= 15 is 0 Å². The van der Waals surface area contributed by atoms with E-state index in [2.05, 4.69) is 24.1 Å². The summed E-state index contributed by atoms with van der Waals surface area (Å²) in [6.45, 7) is 6.69. The van der Waals surface area contributed by atoms with Crippen molar-refractivity contribution in [2.75, 3.05) is 6.54 Å². The topological polar surface area (TPSA) is 45.1 Å². The van der Waals surface area contributed by atoms with Crippen molar-refractivity contribution in [2.24, 2.45) is 0 Å². The maximum Gasteiger partial charge on any atom is 0.0914 e. The average molecular weight is 244 g/mol. The molecule has 1 aromatic carbocycles. The molecule has 0 saturated carbocycles. The number of rotatable bonds is 4. The van der Waals surface area contributed by atoms with Gasteiger partial charge in [-0.25, -0.2) is 0 Å². The van der Waals surface area contributed by atoms with Crippen molar-refractivity contribution in [1.82, 2.24) is 10.3 Å². The van der Waals surface area contributed by atoms with Gasteiger partial charge in [-0.05, 0) is 30.7 Å². The van der Waals surface area contributed by atoms with E-state index in [0.717, 1.165) is 22.2 Å².